The summed E-state index contributed by atoms with van der Waals surface area (Å²) < 4.78 is 5.73. The molecule has 5 nitrogen and oxygen atoms in total. The van der Waals surface area contributed by atoms with Crippen LogP contribution in [0.2, 0.25) is 0 Å². The third kappa shape index (κ3) is 3.22. The van der Waals surface area contributed by atoms with E-state index in [1.165, 1.54) is 0 Å². The molecule has 1 aliphatic rings. The summed E-state index contributed by atoms with van der Waals surface area (Å²) in [6.07, 6.45) is 0.363. The first kappa shape index (κ1) is 14.7. The highest BCUT2D eigenvalue weighted by Gasteiger charge is 2.23. The van der Waals surface area contributed by atoms with Crippen LogP contribution in [0.3, 0.4) is 0 Å². The summed E-state index contributed by atoms with van der Waals surface area (Å²) in [4.78, 5) is 14.0. The van der Waals surface area contributed by atoms with Crippen molar-refractivity contribution in [1.29, 1.82) is 0 Å². The number of ether oxygens (including phenoxy) is 1. The second-order valence-electron chi connectivity index (χ2n) is 5.30. The van der Waals surface area contributed by atoms with Crippen molar-refractivity contribution < 1.29 is 9.53 Å². The Hall–Kier alpha value is -1.75. The Morgan fingerprint density at radius 1 is 1.40 bits per heavy atom. The number of hydrogen-bond donors (Lipinski definition) is 2. The van der Waals surface area contributed by atoms with E-state index >= 15 is 0 Å². The summed E-state index contributed by atoms with van der Waals surface area (Å²) in [7, 11) is 0. The molecule has 1 aromatic rings. The zero-order valence-corrected chi connectivity index (χ0v) is 12.3. The second-order valence-corrected chi connectivity index (χ2v) is 5.30. The number of nitrogens with two attached hydrogens (primary N) is 1. The van der Waals surface area contributed by atoms with Crippen molar-refractivity contribution in [1.82, 2.24) is 5.32 Å². The van der Waals surface area contributed by atoms with Crippen molar-refractivity contribution in [2.45, 2.75) is 33.0 Å². The Morgan fingerprint density at radius 3 is 2.60 bits per heavy atom. The lowest BCUT2D eigenvalue weighted by atomic mass is 10.1. The molecule has 0 aliphatic carbocycles. The Morgan fingerprint density at radius 2 is 2.05 bits per heavy atom. The van der Waals surface area contributed by atoms with Gasteiger partial charge in [0.15, 0.2) is 0 Å². The normalized spacial score (nSPS) is 22.6. The van der Waals surface area contributed by atoms with Crippen molar-refractivity contribution in [2.24, 2.45) is 0 Å². The van der Waals surface area contributed by atoms with E-state index in [-0.39, 0.29) is 18.1 Å². The molecule has 0 spiro atoms. The summed E-state index contributed by atoms with van der Waals surface area (Å²) in [5.41, 5.74) is 8.32. The lowest BCUT2D eigenvalue weighted by Gasteiger charge is -2.37. The van der Waals surface area contributed by atoms with Crippen molar-refractivity contribution in [3.63, 3.8) is 0 Å². The van der Waals surface area contributed by atoms with Crippen molar-refractivity contribution >= 4 is 17.3 Å². The molecule has 0 saturated carbocycles. The predicted octanol–water partition coefficient (Wildman–Crippen LogP) is 1.63. The number of benzene rings is 1. The fraction of sp³-hybridized carbons (Fsp3) is 0.533. The van der Waals surface area contributed by atoms with Crippen LogP contribution in [0.1, 0.15) is 31.1 Å². The molecular formula is C15H23N3O2. The number of morpholine rings is 1. The summed E-state index contributed by atoms with van der Waals surface area (Å²) in [5, 5.41) is 2.77. The monoisotopic (exact) mass is 277 g/mol. The molecule has 5 heteroatoms. The van der Waals surface area contributed by atoms with Crippen LogP contribution in [0.25, 0.3) is 0 Å². The number of nitrogen functional groups attached to an aromatic ring is 1. The molecule has 2 rings (SSSR count). The second kappa shape index (κ2) is 6.13. The van der Waals surface area contributed by atoms with E-state index in [0.29, 0.717) is 17.8 Å². The Kier molecular flexibility index (Phi) is 4.49. The molecule has 0 unspecified atom stereocenters. The Labute approximate surface area is 120 Å². The highest BCUT2D eigenvalue weighted by molar-refractivity contribution is 5.96. The van der Waals surface area contributed by atoms with Gasteiger partial charge in [-0.1, -0.05) is 0 Å². The standard InChI is InChI=1S/C15H23N3O2/c1-4-17-15(19)12-5-6-14(13(16)7-12)18-8-10(2)20-11(3)9-18/h5-7,10-11H,4,8-9,16H2,1-3H3,(H,17,19)/t10-,11+. The van der Waals surface area contributed by atoms with Crippen molar-refractivity contribution in [3.05, 3.63) is 23.8 Å². The van der Waals surface area contributed by atoms with Crippen LogP contribution in [0, 0.1) is 0 Å². The van der Waals surface area contributed by atoms with Gasteiger partial charge in [0.1, 0.15) is 0 Å². The van der Waals surface area contributed by atoms with Gasteiger partial charge < -0.3 is 20.7 Å². The third-order valence-electron chi connectivity index (χ3n) is 3.39. The molecule has 0 bridgehead atoms. The Balaban J connectivity index is 2.19. The molecule has 0 radical (unpaired) electrons. The molecule has 20 heavy (non-hydrogen) atoms. The summed E-state index contributed by atoms with van der Waals surface area (Å²) >= 11 is 0. The smallest absolute Gasteiger partial charge is 0.251 e. The van der Waals surface area contributed by atoms with Crippen LogP contribution in [-0.2, 0) is 4.74 Å². The number of carbonyl (C=O) groups is 1. The lowest BCUT2D eigenvalue weighted by molar-refractivity contribution is -0.00517. The van der Waals surface area contributed by atoms with Gasteiger partial charge in [-0.3, -0.25) is 4.79 Å². The van der Waals surface area contributed by atoms with E-state index in [2.05, 4.69) is 24.1 Å². The van der Waals surface area contributed by atoms with Crippen LogP contribution < -0.4 is 16.0 Å². The zero-order valence-electron chi connectivity index (χ0n) is 12.3. The van der Waals surface area contributed by atoms with Crippen LogP contribution in [0.15, 0.2) is 18.2 Å². The van der Waals surface area contributed by atoms with E-state index < -0.39 is 0 Å². The third-order valence-corrected chi connectivity index (χ3v) is 3.39. The quantitative estimate of drug-likeness (QED) is 0.824. The first-order valence-electron chi connectivity index (χ1n) is 7.09. The molecule has 1 aliphatic heterocycles. The lowest BCUT2D eigenvalue weighted by Crippen LogP contribution is -2.45. The van der Waals surface area contributed by atoms with E-state index in [4.69, 9.17) is 10.5 Å². The van der Waals surface area contributed by atoms with Gasteiger partial charge in [0, 0.05) is 25.2 Å². The van der Waals surface area contributed by atoms with Crippen LogP contribution in [0.5, 0.6) is 0 Å². The number of rotatable bonds is 3. The van der Waals surface area contributed by atoms with Crippen molar-refractivity contribution in [2.75, 3.05) is 30.3 Å². The van der Waals surface area contributed by atoms with Gasteiger partial charge >= 0.3 is 0 Å². The maximum absolute atomic E-state index is 11.8. The number of anilines is 2. The molecule has 3 N–H and O–H groups in total. The molecule has 1 heterocycles. The van der Waals surface area contributed by atoms with Crippen LogP contribution in [0.4, 0.5) is 11.4 Å². The van der Waals surface area contributed by atoms with Crippen LogP contribution >= 0.6 is 0 Å². The highest BCUT2D eigenvalue weighted by atomic mass is 16.5. The van der Waals surface area contributed by atoms with E-state index in [1.54, 1.807) is 6.07 Å². The van der Waals surface area contributed by atoms with Gasteiger partial charge in [-0.05, 0) is 39.0 Å². The van der Waals surface area contributed by atoms with Crippen molar-refractivity contribution in [3.8, 4) is 0 Å². The molecule has 110 valence electrons. The maximum Gasteiger partial charge on any atom is 0.251 e. The average Bonchev–Trinajstić information content (AvgIpc) is 2.37. The number of carbonyl (C=O) groups excluding carboxylic acids is 1. The van der Waals surface area contributed by atoms with Gasteiger partial charge in [-0.2, -0.15) is 0 Å². The molecule has 0 aromatic heterocycles. The molecule has 1 saturated heterocycles. The summed E-state index contributed by atoms with van der Waals surface area (Å²) in [6, 6.07) is 5.48. The minimum Gasteiger partial charge on any atom is -0.397 e. The first-order valence-corrected chi connectivity index (χ1v) is 7.09. The Bertz CT molecular complexity index is 480. The molecular weight excluding hydrogens is 254 g/mol. The zero-order chi connectivity index (χ0) is 14.7. The molecule has 1 fully saturated rings. The van der Waals surface area contributed by atoms with Gasteiger partial charge in [0.25, 0.3) is 5.91 Å². The van der Waals surface area contributed by atoms with Gasteiger partial charge in [-0.25, -0.2) is 0 Å². The maximum atomic E-state index is 11.8. The molecule has 2 atom stereocenters. The highest BCUT2D eigenvalue weighted by Crippen LogP contribution is 2.27. The first-order chi connectivity index (χ1) is 9.51. The molecule has 1 amide bonds. The average molecular weight is 277 g/mol. The minimum absolute atomic E-state index is 0.0885. The topological polar surface area (TPSA) is 67.6 Å². The fourth-order valence-corrected chi connectivity index (χ4v) is 2.62. The summed E-state index contributed by atoms with van der Waals surface area (Å²) in [6.45, 7) is 8.25. The number of amides is 1. The van der Waals surface area contributed by atoms with Gasteiger partial charge in [0.05, 0.1) is 23.6 Å². The minimum atomic E-state index is -0.0885. The number of hydrogen-bond acceptors (Lipinski definition) is 4. The number of nitrogens with one attached hydrogen (secondary N) is 1. The van der Waals surface area contributed by atoms with E-state index in [1.807, 2.05) is 19.1 Å². The van der Waals surface area contributed by atoms with E-state index in [9.17, 15) is 4.79 Å². The van der Waals surface area contributed by atoms with Gasteiger partial charge in [0.2, 0.25) is 0 Å². The van der Waals surface area contributed by atoms with Gasteiger partial charge in [-0.15, -0.1) is 0 Å². The predicted molar refractivity (Wildman–Crippen MR) is 81.1 cm³/mol. The van der Waals surface area contributed by atoms with Crippen LogP contribution in [-0.4, -0.2) is 37.7 Å². The number of nitrogens with zero attached hydrogens (tertiary/aromatic N) is 1. The SMILES string of the molecule is CCNC(=O)c1ccc(N2C[C@@H](C)O[C@@H](C)C2)c(N)c1. The summed E-state index contributed by atoms with van der Waals surface area (Å²) in [5.74, 6) is -0.0885. The fourth-order valence-electron chi connectivity index (χ4n) is 2.62. The molecule has 1 aromatic carbocycles. The van der Waals surface area contributed by atoms with E-state index in [0.717, 1.165) is 18.8 Å². The largest absolute Gasteiger partial charge is 0.397 e.